The SMILES string of the molecule is c1ccc(-c2cccc(-c3nc(-c4ccc(-c5ccc6ccc7ccccc7c6c5)cc4)nc(-c4cccc5oc6ccccc6c45)n3)c2)cc1. The lowest BCUT2D eigenvalue weighted by molar-refractivity contribution is 0.669. The molecule has 2 heterocycles. The van der Waals surface area contributed by atoms with Crippen LogP contribution in [0.4, 0.5) is 0 Å². The summed E-state index contributed by atoms with van der Waals surface area (Å²) in [5, 5.41) is 7.01. The molecule has 2 aromatic heterocycles. The summed E-state index contributed by atoms with van der Waals surface area (Å²) in [6.45, 7) is 0. The highest BCUT2D eigenvalue weighted by Gasteiger charge is 2.18. The number of rotatable bonds is 5. The van der Waals surface area contributed by atoms with Gasteiger partial charge in [0.2, 0.25) is 0 Å². The van der Waals surface area contributed by atoms with Crippen molar-refractivity contribution >= 4 is 43.5 Å². The number of hydrogen-bond acceptors (Lipinski definition) is 4. The second-order valence-electron chi connectivity index (χ2n) is 12.8. The number of furan rings is 1. The Morgan fingerprint density at radius 2 is 0.863 bits per heavy atom. The highest BCUT2D eigenvalue weighted by molar-refractivity contribution is 6.12. The number of hydrogen-bond donors (Lipinski definition) is 0. The standard InChI is InChI=1S/C47H29N3O/c1-2-10-30(11-3-1)35-13-8-14-37(28-35)46-48-45(49-47(50-46)40-17-9-19-43-44(40)39-16-6-7-18-42(39)51-43)34-25-20-31(21-26-34)36-27-24-33-23-22-32-12-4-5-15-38(32)41(33)29-36/h1-29H. The molecule has 0 aliphatic carbocycles. The van der Waals surface area contributed by atoms with Crippen molar-refractivity contribution in [2.45, 2.75) is 0 Å². The lowest BCUT2D eigenvalue weighted by atomic mass is 9.97. The van der Waals surface area contributed by atoms with E-state index in [-0.39, 0.29) is 0 Å². The van der Waals surface area contributed by atoms with Gasteiger partial charge in [-0.1, -0.05) is 152 Å². The van der Waals surface area contributed by atoms with E-state index >= 15 is 0 Å². The van der Waals surface area contributed by atoms with Gasteiger partial charge in [-0.25, -0.2) is 15.0 Å². The van der Waals surface area contributed by atoms with Crippen LogP contribution >= 0.6 is 0 Å². The molecule has 0 radical (unpaired) electrons. The van der Waals surface area contributed by atoms with Gasteiger partial charge < -0.3 is 4.42 Å². The van der Waals surface area contributed by atoms with Gasteiger partial charge >= 0.3 is 0 Å². The second-order valence-corrected chi connectivity index (χ2v) is 12.8. The first kappa shape index (κ1) is 29.0. The molecule has 51 heavy (non-hydrogen) atoms. The zero-order valence-corrected chi connectivity index (χ0v) is 27.5. The summed E-state index contributed by atoms with van der Waals surface area (Å²) in [5.74, 6) is 1.83. The summed E-state index contributed by atoms with van der Waals surface area (Å²) in [6, 6.07) is 61.1. The second kappa shape index (κ2) is 11.9. The van der Waals surface area contributed by atoms with Gasteiger partial charge in [-0.3, -0.25) is 0 Å². The van der Waals surface area contributed by atoms with Gasteiger partial charge in [-0.2, -0.15) is 0 Å². The average molecular weight is 652 g/mol. The highest BCUT2D eigenvalue weighted by atomic mass is 16.3. The van der Waals surface area contributed by atoms with E-state index in [1.54, 1.807) is 0 Å². The fraction of sp³-hybridized carbons (Fsp3) is 0. The van der Waals surface area contributed by atoms with Crippen molar-refractivity contribution in [1.82, 2.24) is 15.0 Å². The molecule has 4 heteroatoms. The summed E-state index contributed by atoms with van der Waals surface area (Å²) in [4.78, 5) is 15.4. The molecule has 0 N–H and O–H groups in total. The van der Waals surface area contributed by atoms with E-state index in [2.05, 4.69) is 140 Å². The Bertz CT molecular complexity index is 2910. The lowest BCUT2D eigenvalue weighted by Gasteiger charge is -2.11. The fourth-order valence-corrected chi connectivity index (χ4v) is 7.18. The number of nitrogens with zero attached hydrogens (tertiary/aromatic N) is 3. The molecule has 0 bridgehead atoms. The van der Waals surface area contributed by atoms with Crippen LogP contribution in [0, 0.1) is 0 Å². The highest BCUT2D eigenvalue weighted by Crippen LogP contribution is 2.37. The summed E-state index contributed by atoms with van der Waals surface area (Å²) in [7, 11) is 0. The average Bonchev–Trinajstić information content (AvgIpc) is 3.60. The number of fused-ring (bicyclic) bond motifs is 6. The molecular formula is C47H29N3O. The monoisotopic (exact) mass is 651 g/mol. The summed E-state index contributed by atoms with van der Waals surface area (Å²) >= 11 is 0. The third kappa shape index (κ3) is 5.13. The smallest absolute Gasteiger partial charge is 0.164 e. The van der Waals surface area contributed by atoms with E-state index in [1.807, 2.05) is 36.4 Å². The first-order chi connectivity index (χ1) is 25.2. The minimum Gasteiger partial charge on any atom is -0.456 e. The molecule has 0 aliphatic heterocycles. The van der Waals surface area contributed by atoms with Gasteiger partial charge in [0, 0.05) is 27.5 Å². The van der Waals surface area contributed by atoms with Crippen molar-refractivity contribution in [3.05, 3.63) is 176 Å². The van der Waals surface area contributed by atoms with Gasteiger partial charge in [0.25, 0.3) is 0 Å². The van der Waals surface area contributed by atoms with Crippen molar-refractivity contribution in [1.29, 1.82) is 0 Å². The maximum atomic E-state index is 6.24. The largest absolute Gasteiger partial charge is 0.456 e. The predicted molar refractivity (Wildman–Crippen MR) is 209 cm³/mol. The minimum absolute atomic E-state index is 0.600. The molecule has 10 aromatic rings. The van der Waals surface area contributed by atoms with Crippen LogP contribution in [0.15, 0.2) is 180 Å². The van der Waals surface area contributed by atoms with Gasteiger partial charge in [-0.15, -0.1) is 0 Å². The van der Waals surface area contributed by atoms with E-state index in [4.69, 9.17) is 19.4 Å². The molecule has 0 spiro atoms. The molecule has 10 rings (SSSR count). The van der Waals surface area contributed by atoms with Crippen molar-refractivity contribution in [3.8, 4) is 56.4 Å². The molecule has 0 saturated carbocycles. The topological polar surface area (TPSA) is 51.8 Å². The van der Waals surface area contributed by atoms with Crippen LogP contribution in [0.3, 0.4) is 0 Å². The van der Waals surface area contributed by atoms with Crippen LogP contribution in [0.1, 0.15) is 0 Å². The predicted octanol–water partition coefficient (Wildman–Crippen LogP) is 12.4. The van der Waals surface area contributed by atoms with E-state index in [0.717, 1.165) is 55.3 Å². The third-order valence-corrected chi connectivity index (χ3v) is 9.73. The maximum absolute atomic E-state index is 6.24. The Morgan fingerprint density at radius 3 is 1.73 bits per heavy atom. The molecule has 0 unspecified atom stereocenters. The van der Waals surface area contributed by atoms with Crippen LogP contribution in [-0.4, -0.2) is 15.0 Å². The maximum Gasteiger partial charge on any atom is 0.164 e. The number of benzene rings is 8. The normalized spacial score (nSPS) is 11.5. The fourth-order valence-electron chi connectivity index (χ4n) is 7.18. The van der Waals surface area contributed by atoms with E-state index in [0.29, 0.717) is 17.5 Å². The van der Waals surface area contributed by atoms with Crippen molar-refractivity contribution in [2.75, 3.05) is 0 Å². The molecule has 4 nitrogen and oxygen atoms in total. The molecule has 238 valence electrons. The molecule has 0 saturated heterocycles. The van der Waals surface area contributed by atoms with Crippen LogP contribution < -0.4 is 0 Å². The summed E-state index contributed by atoms with van der Waals surface area (Å²) in [5.41, 5.74) is 8.92. The third-order valence-electron chi connectivity index (χ3n) is 9.73. The zero-order chi connectivity index (χ0) is 33.7. The van der Waals surface area contributed by atoms with Crippen LogP contribution in [0.25, 0.3) is 99.9 Å². The van der Waals surface area contributed by atoms with Crippen molar-refractivity contribution < 1.29 is 4.42 Å². The number of para-hydroxylation sites is 1. The lowest BCUT2D eigenvalue weighted by Crippen LogP contribution is -2.00. The van der Waals surface area contributed by atoms with Crippen LogP contribution in [0.5, 0.6) is 0 Å². The summed E-state index contributed by atoms with van der Waals surface area (Å²) in [6.07, 6.45) is 0. The molecular weight excluding hydrogens is 623 g/mol. The Morgan fingerprint density at radius 1 is 0.314 bits per heavy atom. The van der Waals surface area contributed by atoms with Gasteiger partial charge in [0.1, 0.15) is 11.2 Å². The van der Waals surface area contributed by atoms with Crippen molar-refractivity contribution in [2.24, 2.45) is 0 Å². The van der Waals surface area contributed by atoms with Crippen LogP contribution in [-0.2, 0) is 0 Å². The minimum atomic E-state index is 0.600. The molecule has 0 aliphatic rings. The zero-order valence-electron chi connectivity index (χ0n) is 27.5. The van der Waals surface area contributed by atoms with Gasteiger partial charge in [-0.05, 0) is 68.1 Å². The van der Waals surface area contributed by atoms with E-state index < -0.39 is 0 Å². The Balaban J connectivity index is 1.12. The Kier molecular flexibility index (Phi) is 6.78. The molecule has 8 aromatic carbocycles. The first-order valence-electron chi connectivity index (χ1n) is 17.1. The van der Waals surface area contributed by atoms with E-state index in [1.165, 1.54) is 27.1 Å². The molecule has 0 amide bonds. The molecule has 0 fully saturated rings. The van der Waals surface area contributed by atoms with Gasteiger partial charge in [0.15, 0.2) is 17.5 Å². The number of aromatic nitrogens is 3. The summed E-state index contributed by atoms with van der Waals surface area (Å²) < 4.78 is 6.24. The first-order valence-corrected chi connectivity index (χ1v) is 17.1. The Hall–Kier alpha value is -6.91. The van der Waals surface area contributed by atoms with Crippen molar-refractivity contribution in [3.63, 3.8) is 0 Å². The van der Waals surface area contributed by atoms with E-state index in [9.17, 15) is 0 Å². The van der Waals surface area contributed by atoms with Gasteiger partial charge in [0.05, 0.1) is 0 Å². The quantitative estimate of drug-likeness (QED) is 0.174. The van der Waals surface area contributed by atoms with Crippen LogP contribution in [0.2, 0.25) is 0 Å². The Labute approximate surface area is 294 Å². The molecule has 0 atom stereocenters.